The maximum absolute atomic E-state index is 14.0. The molecule has 0 unspecified atom stereocenters. The zero-order valence-electron chi connectivity index (χ0n) is 18.5. The van der Waals surface area contributed by atoms with Crippen molar-refractivity contribution in [3.8, 4) is 0 Å². The summed E-state index contributed by atoms with van der Waals surface area (Å²) in [6.07, 6.45) is 1.58. The zero-order chi connectivity index (χ0) is 23.3. The SMILES string of the molecule is C=CCN1C(=O)N[C@H](c2cccc(F)c2)C(C(=O)OCC)=C1CN1CCN(C(C)=O)CC1. The first-order chi connectivity index (χ1) is 15.3. The molecule has 2 aliphatic heterocycles. The highest BCUT2D eigenvalue weighted by molar-refractivity contribution is 5.95. The van der Waals surface area contributed by atoms with Crippen LogP contribution in [0.2, 0.25) is 0 Å². The van der Waals surface area contributed by atoms with E-state index < -0.39 is 23.9 Å². The molecular formula is C23H29FN4O4. The zero-order valence-corrected chi connectivity index (χ0v) is 18.5. The Hall–Kier alpha value is -3.20. The van der Waals surface area contributed by atoms with Crippen molar-refractivity contribution < 1.29 is 23.5 Å². The van der Waals surface area contributed by atoms with Crippen LogP contribution in [0.25, 0.3) is 0 Å². The summed E-state index contributed by atoms with van der Waals surface area (Å²) in [4.78, 5) is 43.0. The fourth-order valence-corrected chi connectivity index (χ4v) is 4.01. The van der Waals surface area contributed by atoms with Gasteiger partial charge in [-0.2, -0.15) is 0 Å². The Morgan fingerprint density at radius 3 is 2.59 bits per heavy atom. The maximum atomic E-state index is 14.0. The molecule has 3 rings (SSSR count). The second-order valence-electron chi connectivity index (χ2n) is 7.70. The molecule has 2 heterocycles. The molecule has 1 aromatic rings. The van der Waals surface area contributed by atoms with Crippen molar-refractivity contribution in [2.45, 2.75) is 19.9 Å². The Morgan fingerprint density at radius 2 is 2.00 bits per heavy atom. The molecule has 0 radical (unpaired) electrons. The third-order valence-corrected chi connectivity index (χ3v) is 5.62. The number of hydrogen-bond donors (Lipinski definition) is 1. The molecule has 0 spiro atoms. The minimum absolute atomic E-state index is 0.0209. The van der Waals surface area contributed by atoms with Crippen molar-refractivity contribution in [1.29, 1.82) is 0 Å². The summed E-state index contributed by atoms with van der Waals surface area (Å²) >= 11 is 0. The van der Waals surface area contributed by atoms with Gasteiger partial charge in [-0.25, -0.2) is 14.0 Å². The van der Waals surface area contributed by atoms with E-state index in [9.17, 15) is 18.8 Å². The molecule has 1 N–H and O–H groups in total. The average molecular weight is 445 g/mol. The molecule has 3 amide bonds. The van der Waals surface area contributed by atoms with Gasteiger partial charge in [0.05, 0.1) is 18.2 Å². The van der Waals surface area contributed by atoms with Gasteiger partial charge >= 0.3 is 12.0 Å². The van der Waals surface area contributed by atoms with Crippen LogP contribution in [-0.4, -0.2) is 78.5 Å². The average Bonchev–Trinajstić information content (AvgIpc) is 2.76. The molecule has 9 heteroatoms. The molecule has 0 aliphatic carbocycles. The van der Waals surface area contributed by atoms with Gasteiger partial charge in [-0.3, -0.25) is 14.6 Å². The van der Waals surface area contributed by atoms with Crippen molar-refractivity contribution in [1.82, 2.24) is 20.0 Å². The van der Waals surface area contributed by atoms with Crippen LogP contribution in [0, 0.1) is 5.82 Å². The van der Waals surface area contributed by atoms with Crippen LogP contribution in [-0.2, 0) is 14.3 Å². The van der Waals surface area contributed by atoms with Gasteiger partial charge in [0.25, 0.3) is 0 Å². The second-order valence-corrected chi connectivity index (χ2v) is 7.70. The number of carbonyl (C=O) groups excluding carboxylic acids is 3. The first-order valence-corrected chi connectivity index (χ1v) is 10.7. The molecule has 0 bridgehead atoms. The number of carbonyl (C=O) groups is 3. The van der Waals surface area contributed by atoms with Gasteiger partial charge in [-0.1, -0.05) is 18.2 Å². The van der Waals surface area contributed by atoms with Crippen LogP contribution in [0.1, 0.15) is 25.5 Å². The van der Waals surface area contributed by atoms with Gasteiger partial charge in [-0.05, 0) is 24.6 Å². The van der Waals surface area contributed by atoms with Gasteiger partial charge in [0, 0.05) is 51.9 Å². The molecule has 1 atom stereocenters. The number of hydrogen-bond acceptors (Lipinski definition) is 5. The molecular weight excluding hydrogens is 415 g/mol. The number of esters is 1. The lowest BCUT2D eigenvalue weighted by atomic mass is 9.94. The van der Waals surface area contributed by atoms with E-state index in [1.807, 2.05) is 0 Å². The van der Waals surface area contributed by atoms with Crippen LogP contribution >= 0.6 is 0 Å². The van der Waals surface area contributed by atoms with Gasteiger partial charge in [0.15, 0.2) is 0 Å². The fourth-order valence-electron chi connectivity index (χ4n) is 4.01. The number of nitrogens with zero attached hydrogens (tertiary/aromatic N) is 3. The third-order valence-electron chi connectivity index (χ3n) is 5.62. The topological polar surface area (TPSA) is 82.2 Å². The van der Waals surface area contributed by atoms with Crippen LogP contribution in [0.3, 0.4) is 0 Å². The monoisotopic (exact) mass is 444 g/mol. The molecule has 0 aromatic heterocycles. The number of urea groups is 1. The van der Waals surface area contributed by atoms with Crippen molar-refractivity contribution in [2.24, 2.45) is 0 Å². The smallest absolute Gasteiger partial charge is 0.338 e. The third kappa shape index (κ3) is 5.16. The predicted octanol–water partition coefficient (Wildman–Crippen LogP) is 2.06. The van der Waals surface area contributed by atoms with Gasteiger partial charge < -0.3 is 15.0 Å². The summed E-state index contributed by atoms with van der Waals surface area (Å²) < 4.78 is 19.3. The van der Waals surface area contributed by atoms with Crippen molar-refractivity contribution in [3.63, 3.8) is 0 Å². The normalized spacial score (nSPS) is 19.6. The molecule has 32 heavy (non-hydrogen) atoms. The summed E-state index contributed by atoms with van der Waals surface area (Å²) in [7, 11) is 0. The number of benzene rings is 1. The summed E-state index contributed by atoms with van der Waals surface area (Å²) in [6.45, 7) is 10.00. The van der Waals surface area contributed by atoms with Crippen molar-refractivity contribution >= 4 is 17.9 Å². The Labute approximate surface area is 187 Å². The minimum atomic E-state index is -0.841. The van der Waals surface area contributed by atoms with E-state index in [1.54, 1.807) is 24.0 Å². The Balaban J connectivity index is 2.03. The van der Waals surface area contributed by atoms with Gasteiger partial charge in [0.2, 0.25) is 5.91 Å². The second kappa shape index (κ2) is 10.4. The lowest BCUT2D eigenvalue weighted by molar-refractivity contribution is -0.139. The highest BCUT2D eigenvalue weighted by atomic mass is 19.1. The Kier molecular flexibility index (Phi) is 7.63. The molecule has 2 aliphatic rings. The van der Waals surface area contributed by atoms with E-state index in [4.69, 9.17) is 4.74 Å². The van der Waals surface area contributed by atoms with E-state index in [1.165, 1.54) is 30.0 Å². The van der Waals surface area contributed by atoms with Crippen LogP contribution in [0.15, 0.2) is 48.2 Å². The fraction of sp³-hybridized carbons (Fsp3) is 0.435. The first-order valence-electron chi connectivity index (χ1n) is 10.7. The van der Waals surface area contributed by atoms with Crippen molar-refractivity contribution in [3.05, 3.63) is 59.6 Å². The number of rotatable bonds is 7. The predicted molar refractivity (Wildman–Crippen MR) is 117 cm³/mol. The molecule has 8 nitrogen and oxygen atoms in total. The molecule has 172 valence electrons. The highest BCUT2D eigenvalue weighted by Gasteiger charge is 2.38. The van der Waals surface area contributed by atoms with E-state index >= 15 is 0 Å². The summed E-state index contributed by atoms with van der Waals surface area (Å²) in [5.41, 5.74) is 1.23. The summed E-state index contributed by atoms with van der Waals surface area (Å²) in [5.74, 6) is -1.00. The summed E-state index contributed by atoms with van der Waals surface area (Å²) in [5, 5.41) is 2.82. The lowest BCUT2D eigenvalue weighted by Crippen LogP contribution is -2.53. The Bertz CT molecular complexity index is 924. The van der Waals surface area contributed by atoms with Crippen molar-refractivity contribution in [2.75, 3.05) is 45.9 Å². The first kappa shape index (κ1) is 23.5. The van der Waals surface area contributed by atoms with Crippen LogP contribution in [0.5, 0.6) is 0 Å². The highest BCUT2D eigenvalue weighted by Crippen LogP contribution is 2.32. The van der Waals surface area contributed by atoms with E-state index in [-0.39, 0.29) is 24.6 Å². The number of amides is 3. The Morgan fingerprint density at radius 1 is 1.28 bits per heavy atom. The quantitative estimate of drug-likeness (QED) is 0.514. The van der Waals surface area contributed by atoms with E-state index in [2.05, 4.69) is 16.8 Å². The molecule has 0 saturated carbocycles. The van der Waals surface area contributed by atoms with Crippen LogP contribution < -0.4 is 5.32 Å². The van der Waals surface area contributed by atoms with Gasteiger partial charge in [0.1, 0.15) is 5.82 Å². The number of halogens is 1. The largest absolute Gasteiger partial charge is 0.463 e. The number of piperazine rings is 1. The van der Waals surface area contributed by atoms with E-state index in [0.29, 0.717) is 44.0 Å². The molecule has 1 saturated heterocycles. The number of ether oxygens (including phenoxy) is 1. The minimum Gasteiger partial charge on any atom is -0.463 e. The lowest BCUT2D eigenvalue weighted by Gasteiger charge is -2.40. The van der Waals surface area contributed by atoms with Crippen LogP contribution in [0.4, 0.5) is 9.18 Å². The standard InChI is InChI=1S/C23H29FN4O4/c1-4-9-28-19(15-26-10-12-27(13-11-26)16(3)29)20(22(30)32-5-2)21(25-23(28)31)17-7-6-8-18(24)14-17/h4,6-8,14,21H,1,5,9-13,15H2,2-3H3,(H,25,31)/t21-/m1/s1. The maximum Gasteiger partial charge on any atom is 0.338 e. The summed E-state index contributed by atoms with van der Waals surface area (Å²) in [6, 6.07) is 4.57. The van der Waals surface area contributed by atoms with E-state index in [0.717, 1.165) is 0 Å². The molecule has 1 aromatic carbocycles. The number of nitrogens with one attached hydrogen (secondary N) is 1. The van der Waals surface area contributed by atoms with Gasteiger partial charge in [-0.15, -0.1) is 6.58 Å². The molecule has 1 fully saturated rings.